The van der Waals surface area contributed by atoms with Gasteiger partial charge in [-0.3, -0.25) is 4.57 Å². The number of fused-ring (bicyclic) bond motifs is 1. The van der Waals surface area contributed by atoms with Gasteiger partial charge in [-0.25, -0.2) is 19.7 Å². The Balaban J connectivity index is 1.88. The largest absolute Gasteiger partial charge is 0.465 e. The predicted molar refractivity (Wildman–Crippen MR) is 89.6 cm³/mol. The van der Waals surface area contributed by atoms with Gasteiger partial charge in [-0.05, 0) is 31.0 Å². The molecule has 4 rings (SSSR count). The molecule has 0 amide bonds. The molecule has 1 aliphatic rings. The molecule has 0 aliphatic heterocycles. The highest BCUT2D eigenvalue weighted by molar-refractivity contribution is 5.90. The summed E-state index contributed by atoms with van der Waals surface area (Å²) in [4.78, 5) is 23.2. The van der Waals surface area contributed by atoms with Gasteiger partial charge in [-0.2, -0.15) is 13.2 Å². The van der Waals surface area contributed by atoms with Gasteiger partial charge in [0.15, 0.2) is 17.0 Å². The van der Waals surface area contributed by atoms with Gasteiger partial charge in [-0.15, -0.1) is 0 Å². The average Bonchev–Trinajstić information content (AvgIpc) is 3.35. The zero-order valence-electron chi connectivity index (χ0n) is 14.1. The lowest BCUT2D eigenvalue weighted by Gasteiger charge is -2.11. The number of carbonyl (C=O) groups excluding carboxylic acids is 1. The topological polar surface area (TPSA) is 81.9 Å². The van der Waals surface area contributed by atoms with Gasteiger partial charge in [0, 0.05) is 11.7 Å². The Morgan fingerprint density at radius 1 is 1.30 bits per heavy atom. The molecule has 3 aromatic rings. The van der Waals surface area contributed by atoms with E-state index in [0.29, 0.717) is 5.69 Å². The molecule has 2 aromatic heterocycles. The number of halogens is 3. The second-order valence-corrected chi connectivity index (χ2v) is 6.14. The van der Waals surface area contributed by atoms with Crippen molar-refractivity contribution < 1.29 is 22.7 Å². The number of esters is 1. The lowest BCUT2D eigenvalue weighted by molar-refractivity contribution is -0.144. The van der Waals surface area contributed by atoms with Crippen LogP contribution < -0.4 is 5.32 Å². The Kier molecular flexibility index (Phi) is 3.97. The fourth-order valence-corrected chi connectivity index (χ4v) is 2.64. The first-order chi connectivity index (χ1) is 12.9. The highest BCUT2D eigenvalue weighted by atomic mass is 19.4. The van der Waals surface area contributed by atoms with Crippen molar-refractivity contribution in [1.29, 1.82) is 0 Å². The molecular weight excluding hydrogens is 363 g/mol. The van der Waals surface area contributed by atoms with Gasteiger partial charge >= 0.3 is 12.1 Å². The van der Waals surface area contributed by atoms with Gasteiger partial charge in [0.2, 0.25) is 5.82 Å². The number of aromatic nitrogens is 4. The third kappa shape index (κ3) is 3.29. The van der Waals surface area contributed by atoms with E-state index in [9.17, 15) is 18.0 Å². The molecule has 0 radical (unpaired) electrons. The number of hydrogen-bond acceptors (Lipinski definition) is 6. The summed E-state index contributed by atoms with van der Waals surface area (Å²) >= 11 is 0. The normalized spacial score (nSPS) is 14.4. The molecule has 1 fully saturated rings. The van der Waals surface area contributed by atoms with Gasteiger partial charge in [0.1, 0.15) is 6.33 Å². The van der Waals surface area contributed by atoms with Crippen molar-refractivity contribution in [2.24, 2.45) is 0 Å². The molecule has 1 N–H and O–H groups in total. The average molecular weight is 377 g/mol. The second kappa shape index (κ2) is 6.22. The van der Waals surface area contributed by atoms with Crippen LogP contribution in [0.1, 0.15) is 29.0 Å². The molecule has 0 bridgehead atoms. The Morgan fingerprint density at radius 2 is 2.07 bits per heavy atom. The molecule has 0 spiro atoms. The minimum atomic E-state index is -4.70. The van der Waals surface area contributed by atoms with Crippen LogP contribution in [-0.2, 0) is 10.9 Å². The van der Waals surface area contributed by atoms with E-state index < -0.39 is 18.0 Å². The maximum Gasteiger partial charge on any atom is 0.451 e. The molecule has 1 aromatic carbocycles. The van der Waals surface area contributed by atoms with Gasteiger partial charge in [-0.1, -0.05) is 6.07 Å². The molecule has 0 atom stereocenters. The standard InChI is InChI=1S/C17H14F3N5O2/c1-27-15(26)9-3-2-4-11(7-9)25-8-21-12-13(22-10-5-6-10)23-16(17(18,19)20)24-14(12)25/h2-4,7-8,10H,5-6H2,1H3,(H,22,23,24). The van der Waals surface area contributed by atoms with Crippen LogP contribution in [-0.4, -0.2) is 38.6 Å². The molecule has 7 nitrogen and oxygen atoms in total. The summed E-state index contributed by atoms with van der Waals surface area (Å²) in [6.07, 6.45) is -1.60. The van der Waals surface area contributed by atoms with Crippen molar-refractivity contribution in [1.82, 2.24) is 19.5 Å². The van der Waals surface area contributed by atoms with E-state index in [1.165, 1.54) is 24.1 Å². The number of carbonyl (C=O) groups is 1. The van der Waals surface area contributed by atoms with Crippen LogP contribution in [0.5, 0.6) is 0 Å². The molecule has 0 unspecified atom stereocenters. The molecule has 1 saturated carbocycles. The summed E-state index contributed by atoms with van der Waals surface area (Å²) in [5, 5.41) is 2.97. The summed E-state index contributed by atoms with van der Waals surface area (Å²) in [7, 11) is 1.25. The van der Waals surface area contributed by atoms with Gasteiger partial charge < -0.3 is 10.1 Å². The number of imidazole rings is 1. The number of nitrogens with zero attached hydrogens (tertiary/aromatic N) is 4. The van der Waals surface area contributed by atoms with E-state index in [1.54, 1.807) is 18.2 Å². The summed E-state index contributed by atoms with van der Waals surface area (Å²) in [6, 6.07) is 6.37. The molecule has 1 aliphatic carbocycles. The number of rotatable bonds is 4. The second-order valence-electron chi connectivity index (χ2n) is 6.14. The van der Waals surface area contributed by atoms with Crippen LogP contribution in [0.3, 0.4) is 0 Å². The van der Waals surface area contributed by atoms with Crippen molar-refractivity contribution in [3.8, 4) is 5.69 Å². The Labute approximate surface area is 151 Å². The molecule has 10 heteroatoms. The first-order valence-corrected chi connectivity index (χ1v) is 8.14. The minimum Gasteiger partial charge on any atom is -0.465 e. The van der Waals surface area contributed by atoms with E-state index >= 15 is 0 Å². The first-order valence-electron chi connectivity index (χ1n) is 8.14. The molecule has 140 valence electrons. The first kappa shape index (κ1) is 17.3. The van der Waals surface area contributed by atoms with Crippen LogP contribution in [0.15, 0.2) is 30.6 Å². The SMILES string of the molecule is COC(=O)c1cccc(-n2cnc3c(NC4CC4)nc(C(F)(F)F)nc32)c1. The third-order valence-corrected chi connectivity index (χ3v) is 4.11. The highest BCUT2D eigenvalue weighted by Gasteiger charge is 2.37. The van der Waals surface area contributed by atoms with Crippen LogP contribution >= 0.6 is 0 Å². The predicted octanol–water partition coefficient (Wildman–Crippen LogP) is 3.20. The maximum atomic E-state index is 13.3. The van der Waals surface area contributed by atoms with Crippen LogP contribution in [0, 0.1) is 0 Å². The Morgan fingerprint density at radius 3 is 2.74 bits per heavy atom. The third-order valence-electron chi connectivity index (χ3n) is 4.11. The summed E-state index contributed by atoms with van der Waals surface area (Å²) in [6.45, 7) is 0. The van der Waals surface area contributed by atoms with E-state index in [2.05, 4.69) is 25.0 Å². The molecule has 0 saturated heterocycles. The van der Waals surface area contributed by atoms with Gasteiger partial charge in [0.05, 0.1) is 12.7 Å². The summed E-state index contributed by atoms with van der Waals surface area (Å²) < 4.78 is 45.9. The summed E-state index contributed by atoms with van der Waals surface area (Å²) in [5.74, 6) is -1.75. The number of hydrogen-bond donors (Lipinski definition) is 1. The summed E-state index contributed by atoms with van der Waals surface area (Å²) in [5.41, 5.74) is 0.934. The van der Waals surface area contributed by atoms with E-state index in [1.807, 2.05) is 0 Å². The van der Waals surface area contributed by atoms with Gasteiger partial charge in [0.25, 0.3) is 0 Å². The number of ether oxygens (including phenoxy) is 1. The smallest absolute Gasteiger partial charge is 0.451 e. The van der Waals surface area contributed by atoms with Crippen LogP contribution in [0.25, 0.3) is 16.9 Å². The van der Waals surface area contributed by atoms with E-state index in [0.717, 1.165) is 12.8 Å². The Bertz CT molecular complexity index is 1030. The van der Waals surface area contributed by atoms with Crippen molar-refractivity contribution in [2.45, 2.75) is 25.1 Å². The van der Waals surface area contributed by atoms with E-state index in [4.69, 9.17) is 0 Å². The highest BCUT2D eigenvalue weighted by Crippen LogP contribution is 2.33. The Hall–Kier alpha value is -3.17. The van der Waals surface area contributed by atoms with Crippen LogP contribution in [0.2, 0.25) is 0 Å². The fourth-order valence-electron chi connectivity index (χ4n) is 2.64. The van der Waals surface area contributed by atoms with Crippen molar-refractivity contribution in [2.75, 3.05) is 12.4 Å². The van der Waals surface area contributed by atoms with E-state index in [-0.39, 0.29) is 28.6 Å². The number of alkyl halides is 3. The maximum absolute atomic E-state index is 13.3. The van der Waals surface area contributed by atoms with Crippen molar-refractivity contribution in [3.63, 3.8) is 0 Å². The molecule has 27 heavy (non-hydrogen) atoms. The lowest BCUT2D eigenvalue weighted by atomic mass is 10.2. The molecule has 2 heterocycles. The number of benzene rings is 1. The number of nitrogens with one attached hydrogen (secondary N) is 1. The van der Waals surface area contributed by atoms with Crippen molar-refractivity contribution in [3.05, 3.63) is 42.0 Å². The zero-order valence-corrected chi connectivity index (χ0v) is 14.1. The number of methoxy groups -OCH3 is 1. The van der Waals surface area contributed by atoms with Crippen molar-refractivity contribution >= 4 is 23.0 Å². The lowest BCUT2D eigenvalue weighted by Crippen LogP contribution is -2.15. The number of anilines is 1. The zero-order chi connectivity index (χ0) is 19.2. The fraction of sp³-hybridized carbons (Fsp3) is 0.294. The monoisotopic (exact) mass is 377 g/mol. The minimum absolute atomic E-state index is 0.00231. The van der Waals surface area contributed by atoms with Crippen LogP contribution in [0.4, 0.5) is 19.0 Å². The molecular formula is C17H14F3N5O2. The quantitative estimate of drug-likeness (QED) is 0.703.